The fraction of sp³-hybridized carbons (Fsp3) is 0.320. The predicted molar refractivity (Wildman–Crippen MR) is 125 cm³/mol. The summed E-state index contributed by atoms with van der Waals surface area (Å²) in [6.45, 7) is 1.75. The molecule has 5 rings (SSSR count). The molecule has 2 bridgehead atoms. The van der Waals surface area contributed by atoms with Gasteiger partial charge in [-0.05, 0) is 24.3 Å². The van der Waals surface area contributed by atoms with E-state index < -0.39 is 23.5 Å². The van der Waals surface area contributed by atoms with Crippen LogP contribution in [-0.4, -0.2) is 50.2 Å². The Kier molecular flexibility index (Phi) is 5.28. The molecule has 0 unspecified atom stereocenters. The Morgan fingerprint density at radius 2 is 1.71 bits per heavy atom. The molecule has 0 aliphatic carbocycles. The van der Waals surface area contributed by atoms with Crippen molar-refractivity contribution in [2.24, 2.45) is 11.8 Å². The van der Waals surface area contributed by atoms with E-state index in [1.165, 1.54) is 21.1 Å². The van der Waals surface area contributed by atoms with Crippen LogP contribution < -0.4 is 25.0 Å². The highest BCUT2D eigenvalue weighted by atomic mass is 16.5. The van der Waals surface area contributed by atoms with Crippen molar-refractivity contribution in [1.29, 1.82) is 0 Å². The maximum absolute atomic E-state index is 13.5. The highest BCUT2D eigenvalue weighted by molar-refractivity contribution is 6.05. The second kappa shape index (κ2) is 8.18. The monoisotopic (exact) mass is 463 g/mol. The Morgan fingerprint density at radius 3 is 2.32 bits per heavy atom. The minimum atomic E-state index is -0.841. The molecule has 0 aromatic heterocycles. The Bertz CT molecular complexity index is 1170. The van der Waals surface area contributed by atoms with Crippen LogP contribution in [-0.2, 0) is 19.1 Å². The second-order valence-electron chi connectivity index (χ2n) is 8.64. The zero-order valence-electron chi connectivity index (χ0n) is 19.0. The molecule has 4 atom stereocenters. The van der Waals surface area contributed by atoms with Gasteiger partial charge in [-0.2, -0.15) is 0 Å². The predicted octanol–water partition coefficient (Wildman–Crippen LogP) is 2.59. The first-order valence-electron chi connectivity index (χ1n) is 10.9. The van der Waals surface area contributed by atoms with E-state index in [1.807, 2.05) is 12.2 Å². The van der Waals surface area contributed by atoms with Gasteiger partial charge in [-0.3, -0.25) is 14.4 Å². The Balaban J connectivity index is 1.38. The van der Waals surface area contributed by atoms with Crippen molar-refractivity contribution in [3.05, 3.63) is 54.6 Å². The van der Waals surface area contributed by atoms with E-state index in [4.69, 9.17) is 14.2 Å². The van der Waals surface area contributed by atoms with Gasteiger partial charge in [0.1, 0.15) is 17.1 Å². The first-order valence-corrected chi connectivity index (χ1v) is 10.9. The summed E-state index contributed by atoms with van der Waals surface area (Å²) in [5, 5.41) is 5.62. The summed E-state index contributed by atoms with van der Waals surface area (Å²) >= 11 is 0. The van der Waals surface area contributed by atoms with Crippen LogP contribution in [0.3, 0.4) is 0 Å². The standard InChI is InChI=1S/C25H25N3O6/c1-14(29)26-15-4-6-17(7-5-15)28-13-25-9-8-20(34-25)21(22(25)24(28)31)23(30)27-16-10-18(32-2)12-19(11-16)33-3/h4-12,20-22H,13H2,1-3H3,(H,26,29)(H,27,30)/t20-,21-,22-,25+/m1/s1. The van der Waals surface area contributed by atoms with Crippen LogP contribution in [0.25, 0.3) is 0 Å². The summed E-state index contributed by atoms with van der Waals surface area (Å²) in [7, 11) is 3.07. The van der Waals surface area contributed by atoms with Crippen molar-refractivity contribution in [1.82, 2.24) is 0 Å². The van der Waals surface area contributed by atoms with Gasteiger partial charge in [0.2, 0.25) is 17.7 Å². The highest BCUT2D eigenvalue weighted by Gasteiger charge is 2.67. The molecule has 176 valence electrons. The van der Waals surface area contributed by atoms with Gasteiger partial charge >= 0.3 is 0 Å². The van der Waals surface area contributed by atoms with E-state index in [0.29, 0.717) is 35.1 Å². The number of benzene rings is 2. The second-order valence-corrected chi connectivity index (χ2v) is 8.64. The lowest BCUT2D eigenvalue weighted by molar-refractivity contribution is -0.128. The van der Waals surface area contributed by atoms with Gasteiger partial charge < -0.3 is 29.7 Å². The van der Waals surface area contributed by atoms with Crippen molar-refractivity contribution in [2.75, 3.05) is 36.3 Å². The third-order valence-electron chi connectivity index (χ3n) is 6.52. The van der Waals surface area contributed by atoms with E-state index in [0.717, 1.165) is 0 Å². The molecule has 3 aliphatic rings. The summed E-state index contributed by atoms with van der Waals surface area (Å²) < 4.78 is 16.8. The summed E-state index contributed by atoms with van der Waals surface area (Å²) in [5.74, 6) is -0.850. The molecule has 3 heterocycles. The molecule has 2 N–H and O–H groups in total. The van der Waals surface area contributed by atoms with E-state index in [1.54, 1.807) is 47.4 Å². The zero-order valence-corrected chi connectivity index (χ0v) is 19.0. The third-order valence-corrected chi connectivity index (χ3v) is 6.52. The molecule has 0 radical (unpaired) electrons. The molecule has 9 heteroatoms. The number of ether oxygens (including phenoxy) is 3. The largest absolute Gasteiger partial charge is 0.497 e. The maximum atomic E-state index is 13.5. The van der Waals surface area contributed by atoms with Gasteiger partial charge in [0, 0.05) is 42.2 Å². The fourth-order valence-corrected chi connectivity index (χ4v) is 5.05. The molecule has 3 aliphatic heterocycles. The van der Waals surface area contributed by atoms with Gasteiger partial charge in [0.05, 0.1) is 38.7 Å². The van der Waals surface area contributed by atoms with E-state index >= 15 is 0 Å². The fourth-order valence-electron chi connectivity index (χ4n) is 5.05. The van der Waals surface area contributed by atoms with Crippen LogP contribution in [0.2, 0.25) is 0 Å². The minimum Gasteiger partial charge on any atom is -0.497 e. The Labute approximate surface area is 196 Å². The molecule has 2 saturated heterocycles. The number of anilines is 3. The van der Waals surface area contributed by atoms with Crippen LogP contribution in [0.1, 0.15) is 6.92 Å². The summed E-state index contributed by atoms with van der Waals surface area (Å²) in [6, 6.07) is 12.1. The van der Waals surface area contributed by atoms with Crippen molar-refractivity contribution in [3.8, 4) is 11.5 Å². The molecule has 2 fully saturated rings. The van der Waals surface area contributed by atoms with Crippen molar-refractivity contribution < 1.29 is 28.6 Å². The lowest BCUT2D eigenvalue weighted by atomic mass is 9.77. The first kappa shape index (κ1) is 22.0. The van der Waals surface area contributed by atoms with Gasteiger partial charge in [0.15, 0.2) is 0 Å². The lowest BCUT2D eigenvalue weighted by Crippen LogP contribution is -2.41. The van der Waals surface area contributed by atoms with E-state index in [-0.39, 0.29) is 17.7 Å². The normalized spacial score (nSPS) is 26.4. The number of amides is 3. The molecular formula is C25H25N3O6. The minimum absolute atomic E-state index is 0.164. The van der Waals surface area contributed by atoms with Crippen molar-refractivity contribution in [2.45, 2.75) is 18.6 Å². The van der Waals surface area contributed by atoms with Gasteiger partial charge in [0.25, 0.3) is 0 Å². The number of hydrogen-bond donors (Lipinski definition) is 2. The topological polar surface area (TPSA) is 106 Å². The van der Waals surface area contributed by atoms with E-state index in [2.05, 4.69) is 10.6 Å². The molecule has 0 saturated carbocycles. The van der Waals surface area contributed by atoms with Crippen molar-refractivity contribution >= 4 is 34.8 Å². The molecule has 34 heavy (non-hydrogen) atoms. The molecule has 2 aromatic carbocycles. The molecule has 1 spiro atoms. The average molecular weight is 463 g/mol. The lowest BCUT2D eigenvalue weighted by Gasteiger charge is -2.23. The van der Waals surface area contributed by atoms with E-state index in [9.17, 15) is 14.4 Å². The quantitative estimate of drug-likeness (QED) is 0.638. The van der Waals surface area contributed by atoms with Crippen LogP contribution >= 0.6 is 0 Å². The molecular weight excluding hydrogens is 438 g/mol. The number of nitrogens with zero attached hydrogens (tertiary/aromatic N) is 1. The number of rotatable bonds is 6. The van der Waals surface area contributed by atoms with Gasteiger partial charge in [-0.25, -0.2) is 0 Å². The molecule has 2 aromatic rings. The van der Waals surface area contributed by atoms with Crippen molar-refractivity contribution in [3.63, 3.8) is 0 Å². The van der Waals surface area contributed by atoms with Crippen LogP contribution in [0.15, 0.2) is 54.6 Å². The average Bonchev–Trinajstić information content (AvgIpc) is 3.47. The number of fused-ring (bicyclic) bond motifs is 1. The SMILES string of the molecule is COc1cc(NC(=O)[C@@H]2[C@H]3C=C[C@@]4(CN(c5ccc(NC(C)=O)cc5)C(=O)[C@@H]24)O3)cc(OC)c1. The molecule has 3 amide bonds. The summed E-state index contributed by atoms with van der Waals surface area (Å²) in [4.78, 5) is 39.8. The van der Waals surface area contributed by atoms with Crippen LogP contribution in [0.5, 0.6) is 11.5 Å². The maximum Gasteiger partial charge on any atom is 0.234 e. The number of carbonyl (C=O) groups is 3. The number of carbonyl (C=O) groups excluding carboxylic acids is 3. The van der Waals surface area contributed by atoms with Crippen LogP contribution in [0.4, 0.5) is 17.1 Å². The highest BCUT2D eigenvalue weighted by Crippen LogP contribution is 2.53. The smallest absolute Gasteiger partial charge is 0.234 e. The van der Waals surface area contributed by atoms with Crippen LogP contribution in [0, 0.1) is 11.8 Å². The Hall–Kier alpha value is -3.85. The summed E-state index contributed by atoms with van der Waals surface area (Å²) in [6.07, 6.45) is 3.30. The third kappa shape index (κ3) is 3.58. The number of methoxy groups -OCH3 is 2. The number of nitrogens with one attached hydrogen (secondary N) is 2. The summed E-state index contributed by atoms with van der Waals surface area (Å²) in [5.41, 5.74) is 0.994. The molecule has 9 nitrogen and oxygen atoms in total. The zero-order chi connectivity index (χ0) is 24.0. The first-order chi connectivity index (χ1) is 16.3. The number of hydrogen-bond acceptors (Lipinski definition) is 6. The van der Waals surface area contributed by atoms with Gasteiger partial charge in [-0.15, -0.1) is 0 Å². The Morgan fingerprint density at radius 1 is 1.03 bits per heavy atom. The van der Waals surface area contributed by atoms with Gasteiger partial charge in [-0.1, -0.05) is 12.2 Å².